The van der Waals surface area contributed by atoms with Gasteiger partial charge in [0.25, 0.3) is 0 Å². The van der Waals surface area contributed by atoms with E-state index in [-0.39, 0.29) is 30.1 Å². The van der Waals surface area contributed by atoms with Gasteiger partial charge in [-0.2, -0.15) is 0 Å². The summed E-state index contributed by atoms with van der Waals surface area (Å²) in [6.45, 7) is 3.40. The number of likely N-dealkylation sites (tertiary alicyclic amines) is 1. The highest BCUT2D eigenvalue weighted by Crippen LogP contribution is 2.44. The number of fused-ring (bicyclic) bond motifs is 2. The van der Waals surface area contributed by atoms with E-state index in [0.717, 1.165) is 5.56 Å². The number of nitrogens with one attached hydrogen (secondary N) is 2. The van der Waals surface area contributed by atoms with E-state index in [2.05, 4.69) is 15.5 Å². The molecule has 2 aliphatic rings. The number of piperidine rings is 1. The highest BCUT2D eigenvalue weighted by molar-refractivity contribution is 6.42. The lowest BCUT2D eigenvalue weighted by atomic mass is 9.81. The Hall–Kier alpha value is -3.20. The van der Waals surface area contributed by atoms with Gasteiger partial charge in [0, 0.05) is 44.1 Å². The van der Waals surface area contributed by atoms with Crippen LogP contribution in [-0.2, 0) is 21.7 Å². The summed E-state index contributed by atoms with van der Waals surface area (Å²) in [5, 5.41) is 6.34. The van der Waals surface area contributed by atoms with Gasteiger partial charge in [0.2, 0.25) is 5.91 Å². The van der Waals surface area contributed by atoms with Gasteiger partial charge in [-0.3, -0.25) is 10.1 Å². The molecule has 40 heavy (non-hydrogen) atoms. The first-order chi connectivity index (χ1) is 19.1. The summed E-state index contributed by atoms with van der Waals surface area (Å²) in [5.74, 6) is -1.50. The zero-order valence-electron chi connectivity index (χ0n) is 21.9. The number of carbonyl (C=O) groups is 2. The molecule has 10 heteroatoms. The third-order valence-corrected chi connectivity index (χ3v) is 8.56. The summed E-state index contributed by atoms with van der Waals surface area (Å²) in [7, 11) is 0. The van der Waals surface area contributed by atoms with Crippen molar-refractivity contribution in [2.45, 2.75) is 50.3 Å². The molecule has 2 amide bonds. The Bertz CT molecular complexity index is 1430. The molecule has 3 aromatic carbocycles. The van der Waals surface area contributed by atoms with Crippen LogP contribution in [0.5, 0.6) is 0 Å². The van der Waals surface area contributed by atoms with Gasteiger partial charge in [0.1, 0.15) is 17.2 Å². The predicted molar refractivity (Wildman–Crippen MR) is 151 cm³/mol. The lowest BCUT2D eigenvalue weighted by Gasteiger charge is -2.46. The Kier molecular flexibility index (Phi) is 8.31. The maximum atomic E-state index is 14.1. The van der Waals surface area contributed by atoms with Crippen LogP contribution in [0.15, 0.2) is 60.7 Å². The number of anilines is 1. The number of ether oxygens (including phenoxy) is 1. The zero-order chi connectivity index (χ0) is 28.4. The predicted octanol–water partition coefficient (Wildman–Crippen LogP) is 7.00. The molecule has 0 bridgehead atoms. The fourth-order valence-electron chi connectivity index (χ4n) is 5.64. The van der Waals surface area contributed by atoms with Crippen LogP contribution in [0.4, 0.5) is 19.3 Å². The number of hydrogen-bond donors (Lipinski definition) is 2. The molecule has 0 aromatic heterocycles. The highest BCUT2D eigenvalue weighted by Gasteiger charge is 2.45. The molecule has 3 aromatic rings. The summed E-state index contributed by atoms with van der Waals surface area (Å²) in [5.41, 5.74) is 1.69. The number of carbonyl (C=O) groups excluding carboxylic acids is 2. The van der Waals surface area contributed by atoms with Crippen LogP contribution < -0.4 is 10.6 Å². The van der Waals surface area contributed by atoms with Crippen molar-refractivity contribution in [1.82, 2.24) is 10.2 Å². The molecule has 2 heterocycles. The molecule has 1 spiro atoms. The third kappa shape index (κ3) is 6.09. The maximum Gasteiger partial charge on any atom is 0.412 e. The van der Waals surface area contributed by atoms with E-state index in [9.17, 15) is 18.4 Å². The van der Waals surface area contributed by atoms with Crippen LogP contribution in [0, 0.1) is 11.6 Å². The largest absolute Gasteiger partial charge is 0.438 e. The number of hydrogen-bond acceptors (Lipinski definition) is 4. The average molecular weight is 588 g/mol. The molecule has 5 rings (SSSR count). The Morgan fingerprint density at radius 1 is 1.05 bits per heavy atom. The van der Waals surface area contributed by atoms with Gasteiger partial charge < -0.3 is 15.0 Å². The lowest BCUT2D eigenvalue weighted by Crippen LogP contribution is -2.50. The standard InChI is InChI=1S/C30H29Cl2F2N3O3/c1-18(37-11-9-30(10-12-37)24-16-22(34)6-8-27(24)36-29(39)40-30)13-23(20-5-7-25(31)26(32)15-20)28(38)35-17-19-3-2-4-21(33)14-19/h2-8,14-16,18,23H,9-13,17H2,1H3,(H,35,38)(H,36,39). The van der Waals surface area contributed by atoms with Gasteiger partial charge in [0.15, 0.2) is 0 Å². The molecule has 2 unspecified atom stereocenters. The van der Waals surface area contributed by atoms with E-state index < -0.39 is 17.6 Å². The Labute approximate surface area is 241 Å². The fraction of sp³-hybridized carbons (Fsp3) is 0.333. The van der Waals surface area contributed by atoms with E-state index in [1.165, 1.54) is 24.3 Å². The van der Waals surface area contributed by atoms with Crippen molar-refractivity contribution >= 4 is 40.9 Å². The van der Waals surface area contributed by atoms with E-state index >= 15 is 0 Å². The van der Waals surface area contributed by atoms with Crippen molar-refractivity contribution in [2.75, 3.05) is 18.4 Å². The van der Waals surface area contributed by atoms with Crippen LogP contribution in [0.2, 0.25) is 10.0 Å². The topological polar surface area (TPSA) is 70.7 Å². The average Bonchev–Trinajstić information content (AvgIpc) is 2.93. The summed E-state index contributed by atoms with van der Waals surface area (Å²) in [6.07, 6.45) is 0.914. The minimum atomic E-state index is -0.901. The minimum Gasteiger partial charge on any atom is -0.438 e. The van der Waals surface area contributed by atoms with Crippen LogP contribution in [0.1, 0.15) is 48.8 Å². The van der Waals surface area contributed by atoms with E-state index in [0.29, 0.717) is 59.2 Å². The van der Waals surface area contributed by atoms with Crippen LogP contribution in [0.3, 0.4) is 0 Å². The third-order valence-electron chi connectivity index (χ3n) is 7.82. The van der Waals surface area contributed by atoms with Gasteiger partial charge >= 0.3 is 6.09 Å². The first-order valence-electron chi connectivity index (χ1n) is 13.1. The van der Waals surface area contributed by atoms with Gasteiger partial charge in [-0.1, -0.05) is 41.4 Å². The number of rotatable bonds is 7. The number of benzene rings is 3. The molecule has 1 fully saturated rings. The fourth-order valence-corrected chi connectivity index (χ4v) is 5.95. The zero-order valence-corrected chi connectivity index (χ0v) is 23.4. The van der Waals surface area contributed by atoms with Crippen molar-refractivity contribution in [3.63, 3.8) is 0 Å². The van der Waals surface area contributed by atoms with Crippen molar-refractivity contribution < 1.29 is 23.1 Å². The highest BCUT2D eigenvalue weighted by atomic mass is 35.5. The molecular formula is C30H29Cl2F2N3O3. The van der Waals surface area contributed by atoms with Crippen molar-refractivity contribution in [1.29, 1.82) is 0 Å². The number of amides is 2. The molecular weight excluding hydrogens is 559 g/mol. The molecule has 6 nitrogen and oxygen atoms in total. The molecule has 2 atom stereocenters. The molecule has 0 saturated carbocycles. The Balaban J connectivity index is 1.31. The SMILES string of the molecule is CC(CC(C(=O)NCc1cccc(F)c1)c1ccc(Cl)c(Cl)c1)N1CCC2(CC1)OC(=O)Nc1ccc(F)cc12. The first-order valence-corrected chi connectivity index (χ1v) is 13.9. The second-order valence-corrected chi connectivity index (χ2v) is 11.2. The number of nitrogens with zero attached hydrogens (tertiary/aromatic N) is 1. The summed E-state index contributed by atoms with van der Waals surface area (Å²) in [6, 6.07) is 15.5. The quantitative estimate of drug-likeness (QED) is 0.312. The molecule has 0 radical (unpaired) electrons. The molecule has 0 aliphatic carbocycles. The Morgan fingerprint density at radius 2 is 1.80 bits per heavy atom. The number of halogens is 4. The minimum absolute atomic E-state index is 0.0267. The van der Waals surface area contributed by atoms with E-state index in [4.69, 9.17) is 27.9 Å². The van der Waals surface area contributed by atoms with Gasteiger partial charge in [0.05, 0.1) is 21.7 Å². The van der Waals surface area contributed by atoms with Crippen LogP contribution in [-0.4, -0.2) is 36.0 Å². The second-order valence-electron chi connectivity index (χ2n) is 10.4. The smallest absolute Gasteiger partial charge is 0.412 e. The first kappa shape index (κ1) is 28.3. The normalized spacial score (nSPS) is 17.9. The monoisotopic (exact) mass is 587 g/mol. The van der Waals surface area contributed by atoms with Gasteiger partial charge in [-0.15, -0.1) is 0 Å². The van der Waals surface area contributed by atoms with Gasteiger partial charge in [-0.05, 0) is 66.9 Å². The van der Waals surface area contributed by atoms with Crippen molar-refractivity contribution in [2.24, 2.45) is 0 Å². The maximum absolute atomic E-state index is 14.1. The summed E-state index contributed by atoms with van der Waals surface area (Å²) < 4.78 is 33.5. The molecule has 2 aliphatic heterocycles. The van der Waals surface area contributed by atoms with Crippen molar-refractivity contribution in [3.05, 3.63) is 99.0 Å². The van der Waals surface area contributed by atoms with Gasteiger partial charge in [-0.25, -0.2) is 13.6 Å². The molecule has 210 valence electrons. The Morgan fingerprint density at radius 3 is 2.52 bits per heavy atom. The van der Waals surface area contributed by atoms with Crippen LogP contribution >= 0.6 is 23.2 Å². The van der Waals surface area contributed by atoms with E-state index in [1.54, 1.807) is 36.4 Å². The second kappa shape index (κ2) is 11.7. The summed E-state index contributed by atoms with van der Waals surface area (Å²) in [4.78, 5) is 28.0. The molecule has 1 saturated heterocycles. The van der Waals surface area contributed by atoms with Crippen molar-refractivity contribution in [3.8, 4) is 0 Å². The lowest BCUT2D eigenvalue weighted by molar-refractivity contribution is -0.123. The summed E-state index contributed by atoms with van der Waals surface area (Å²) >= 11 is 12.4. The molecule has 2 N–H and O–H groups in total. The van der Waals surface area contributed by atoms with E-state index in [1.807, 2.05) is 6.92 Å². The van der Waals surface area contributed by atoms with Crippen LogP contribution in [0.25, 0.3) is 0 Å².